The highest BCUT2D eigenvalue weighted by molar-refractivity contribution is 5.78. The SMILES string of the molecule is CCCCOC(=O)[C@H]1O[C@@H](O[C@H]2CC[C@]3(C)[C@H]4CC[C@@H]5[C@@H]6CC(C)(C)CC[C@]6(C(=O)OCc6ccccc6)CC[C@@]5(C)[C@]4(C)CC[C@H]3C2(C)C)[C@H](O[C@@H]2O[C@H](CO)[C@H](O)[C@H](O)[C@H]2O)[C@@H](OCc2ccccc2)[C@@H]1O. The summed E-state index contributed by atoms with van der Waals surface area (Å²) in [5, 5.41) is 55.0. The third-order valence-electron chi connectivity index (χ3n) is 21.0. The molecule has 2 aromatic carbocycles. The summed E-state index contributed by atoms with van der Waals surface area (Å²) in [6.45, 7) is 18.8. The Balaban J connectivity index is 0.989. The standard InChI is InChI=1S/C60H88O14/c1-9-10-31-68-51(66)49-47(65)48(69-34-36-17-13-11-14-18-36)50(74-52-46(64)45(63)44(62)40(33-61)71-52)53(73-49)72-43-24-25-57(6)41(56(43,4)5)23-26-59(8)42(57)22-21-38-39-32-55(2,3)27-29-60(39,30-28-58(38,59)7)54(67)70-35-37-19-15-12-16-20-37/h11-20,38-50,52-53,61-65H,9-10,21-35H2,1-8H3/t38-,39+,40-,41+,42-,43+,44+,45+,46-,47+,48+,49+,50-,52+,53-,57+,58-,59-,60+/m1/s1. The maximum atomic E-state index is 14.6. The first-order chi connectivity index (χ1) is 35.1. The number of carbonyl (C=O) groups excluding carboxylic acids is 2. The molecule has 0 amide bonds. The van der Waals surface area contributed by atoms with Crippen molar-refractivity contribution in [1.82, 2.24) is 0 Å². The molecule has 9 rings (SSSR count). The second-order valence-electron chi connectivity index (χ2n) is 25.8. The molecule has 0 bridgehead atoms. The van der Waals surface area contributed by atoms with Gasteiger partial charge in [-0.2, -0.15) is 0 Å². The normalized spacial score (nSPS) is 43.4. The molecule has 2 saturated heterocycles. The van der Waals surface area contributed by atoms with E-state index in [1.807, 2.05) is 67.6 Å². The fourth-order valence-electron chi connectivity index (χ4n) is 16.6. The zero-order chi connectivity index (χ0) is 53.0. The highest BCUT2D eigenvalue weighted by Crippen LogP contribution is 2.77. The molecule has 2 heterocycles. The minimum Gasteiger partial charge on any atom is -0.464 e. The smallest absolute Gasteiger partial charge is 0.338 e. The van der Waals surface area contributed by atoms with Crippen molar-refractivity contribution < 1.29 is 68.3 Å². The van der Waals surface area contributed by atoms with Crippen LogP contribution in [-0.2, 0) is 56.0 Å². The van der Waals surface area contributed by atoms with Crippen LogP contribution in [0.4, 0.5) is 0 Å². The van der Waals surface area contributed by atoms with E-state index in [9.17, 15) is 35.1 Å². The molecule has 412 valence electrons. The summed E-state index contributed by atoms with van der Waals surface area (Å²) in [6, 6.07) is 19.4. The van der Waals surface area contributed by atoms with Gasteiger partial charge < -0.3 is 58.7 Å². The molecule has 14 nitrogen and oxygen atoms in total. The summed E-state index contributed by atoms with van der Waals surface area (Å²) in [6.07, 6.45) is -3.73. The summed E-state index contributed by atoms with van der Waals surface area (Å²) in [7, 11) is 0. The number of ether oxygens (including phenoxy) is 7. The molecule has 5 N–H and O–H groups in total. The van der Waals surface area contributed by atoms with E-state index in [1.54, 1.807) is 0 Å². The number of carbonyl (C=O) groups is 2. The lowest BCUT2D eigenvalue weighted by atomic mass is 9.31. The fraction of sp³-hybridized carbons (Fsp3) is 0.767. The Bertz CT molecular complexity index is 2220. The Morgan fingerprint density at radius 3 is 1.99 bits per heavy atom. The Morgan fingerprint density at radius 1 is 0.635 bits per heavy atom. The Kier molecular flexibility index (Phi) is 16.3. The molecule has 14 heteroatoms. The van der Waals surface area contributed by atoms with Gasteiger partial charge in [-0.3, -0.25) is 4.79 Å². The fourth-order valence-corrected chi connectivity index (χ4v) is 16.6. The van der Waals surface area contributed by atoms with Crippen LogP contribution < -0.4 is 0 Å². The van der Waals surface area contributed by atoms with E-state index in [4.69, 9.17) is 33.2 Å². The molecule has 0 unspecified atom stereocenters. The highest BCUT2D eigenvalue weighted by atomic mass is 16.8. The van der Waals surface area contributed by atoms with Gasteiger partial charge in [0.15, 0.2) is 18.7 Å². The zero-order valence-corrected chi connectivity index (χ0v) is 45.4. The number of rotatable bonds is 15. The van der Waals surface area contributed by atoms with Crippen molar-refractivity contribution in [3.8, 4) is 0 Å². The van der Waals surface area contributed by atoms with Crippen molar-refractivity contribution in [3.05, 3.63) is 71.8 Å². The van der Waals surface area contributed by atoms with Crippen LogP contribution in [0.3, 0.4) is 0 Å². The minimum atomic E-state index is -1.77. The van der Waals surface area contributed by atoms with E-state index in [2.05, 4.69) is 48.5 Å². The summed E-state index contributed by atoms with van der Waals surface area (Å²) < 4.78 is 44.6. The maximum absolute atomic E-state index is 14.6. The number of hydrogen-bond donors (Lipinski definition) is 5. The summed E-state index contributed by atoms with van der Waals surface area (Å²) >= 11 is 0. The average molecular weight is 1030 g/mol. The number of aliphatic hydroxyl groups excluding tert-OH is 5. The number of unbranched alkanes of at least 4 members (excludes halogenated alkanes) is 1. The van der Waals surface area contributed by atoms with E-state index in [0.29, 0.717) is 31.3 Å². The molecule has 5 aliphatic carbocycles. The molecular weight excluding hydrogens is 945 g/mol. The van der Waals surface area contributed by atoms with Crippen molar-refractivity contribution in [2.45, 2.75) is 220 Å². The van der Waals surface area contributed by atoms with Gasteiger partial charge in [0.25, 0.3) is 0 Å². The minimum absolute atomic E-state index is 0.00186. The zero-order valence-electron chi connectivity index (χ0n) is 45.4. The first kappa shape index (κ1) is 55.7. The van der Waals surface area contributed by atoms with Gasteiger partial charge in [-0.1, -0.05) is 122 Å². The second-order valence-corrected chi connectivity index (χ2v) is 25.8. The van der Waals surface area contributed by atoms with Crippen molar-refractivity contribution in [2.24, 2.45) is 56.2 Å². The largest absolute Gasteiger partial charge is 0.464 e. The van der Waals surface area contributed by atoms with Gasteiger partial charge >= 0.3 is 11.9 Å². The van der Waals surface area contributed by atoms with Crippen molar-refractivity contribution in [3.63, 3.8) is 0 Å². The molecule has 0 spiro atoms. The third-order valence-corrected chi connectivity index (χ3v) is 21.0. The van der Waals surface area contributed by atoms with Gasteiger partial charge in [-0.15, -0.1) is 0 Å². The van der Waals surface area contributed by atoms with Crippen LogP contribution in [0.2, 0.25) is 0 Å². The summed E-state index contributed by atoms with van der Waals surface area (Å²) in [5.74, 6) is 0.523. The lowest BCUT2D eigenvalue weighted by molar-refractivity contribution is -0.378. The van der Waals surface area contributed by atoms with E-state index in [0.717, 1.165) is 81.8 Å². The number of esters is 2. The number of fused-ring (bicyclic) bond motifs is 7. The molecule has 5 saturated carbocycles. The lowest BCUT2D eigenvalue weighted by Gasteiger charge is -2.73. The maximum Gasteiger partial charge on any atom is 0.338 e. The molecular formula is C60H88O14. The van der Waals surface area contributed by atoms with Gasteiger partial charge in [-0.05, 0) is 139 Å². The quantitative estimate of drug-likeness (QED) is 0.0650. The molecule has 2 aromatic rings. The van der Waals surface area contributed by atoms with Crippen LogP contribution in [0.15, 0.2) is 60.7 Å². The van der Waals surface area contributed by atoms with Gasteiger partial charge in [0, 0.05) is 0 Å². The lowest BCUT2D eigenvalue weighted by Crippen LogP contribution is -2.68. The van der Waals surface area contributed by atoms with E-state index >= 15 is 0 Å². The van der Waals surface area contributed by atoms with E-state index in [1.165, 1.54) is 0 Å². The van der Waals surface area contributed by atoms with Crippen LogP contribution >= 0.6 is 0 Å². The molecule has 7 fully saturated rings. The van der Waals surface area contributed by atoms with Gasteiger partial charge in [0.1, 0.15) is 49.3 Å². The summed E-state index contributed by atoms with van der Waals surface area (Å²) in [5.41, 5.74) is 1.01. The van der Waals surface area contributed by atoms with Gasteiger partial charge in [-0.25, -0.2) is 4.79 Å². The van der Waals surface area contributed by atoms with Crippen molar-refractivity contribution in [2.75, 3.05) is 13.2 Å². The number of hydrogen-bond acceptors (Lipinski definition) is 14. The molecule has 2 aliphatic heterocycles. The molecule has 0 aromatic heterocycles. The first-order valence-electron chi connectivity index (χ1n) is 28.1. The Labute approximate surface area is 439 Å². The van der Waals surface area contributed by atoms with Crippen LogP contribution in [0, 0.1) is 56.2 Å². The molecule has 0 radical (unpaired) electrons. The van der Waals surface area contributed by atoms with Crippen LogP contribution in [0.1, 0.15) is 150 Å². The van der Waals surface area contributed by atoms with Crippen molar-refractivity contribution in [1.29, 1.82) is 0 Å². The van der Waals surface area contributed by atoms with Crippen molar-refractivity contribution >= 4 is 11.9 Å². The van der Waals surface area contributed by atoms with E-state index in [-0.39, 0.29) is 52.7 Å². The molecule has 19 atom stereocenters. The van der Waals surface area contributed by atoms with Gasteiger partial charge in [0.05, 0.1) is 31.3 Å². The molecule has 74 heavy (non-hydrogen) atoms. The monoisotopic (exact) mass is 1030 g/mol. The Morgan fingerprint density at radius 2 is 1.31 bits per heavy atom. The van der Waals surface area contributed by atoms with Crippen LogP contribution in [0.5, 0.6) is 0 Å². The average Bonchev–Trinajstić information content (AvgIpc) is 3.39. The Hall–Kier alpha value is -3.02. The topological polar surface area (TPSA) is 200 Å². The van der Waals surface area contributed by atoms with Crippen LogP contribution in [0.25, 0.3) is 0 Å². The molecule has 7 aliphatic rings. The summed E-state index contributed by atoms with van der Waals surface area (Å²) in [4.78, 5) is 28.5. The first-order valence-corrected chi connectivity index (χ1v) is 28.1. The van der Waals surface area contributed by atoms with Gasteiger partial charge in [0.2, 0.25) is 0 Å². The predicted molar refractivity (Wildman–Crippen MR) is 274 cm³/mol. The number of benzene rings is 2. The van der Waals surface area contributed by atoms with E-state index < -0.39 is 90.9 Å². The third kappa shape index (κ3) is 9.95. The predicted octanol–water partition coefficient (Wildman–Crippen LogP) is 8.20. The van der Waals surface area contributed by atoms with Crippen LogP contribution in [-0.4, -0.2) is 118 Å². The second kappa shape index (κ2) is 21.7. The highest BCUT2D eigenvalue weighted by Gasteiger charge is 2.72. The number of aliphatic hydroxyl groups is 5.